The molecule has 1 heteroatoms. The molecule has 1 nitrogen and oxygen atoms in total. The van der Waals surface area contributed by atoms with Crippen LogP contribution >= 0.6 is 0 Å². The van der Waals surface area contributed by atoms with E-state index in [0.29, 0.717) is 0 Å². The lowest BCUT2D eigenvalue weighted by atomic mass is 9.96. The number of hydrogen-bond acceptors (Lipinski definition) is 1. The minimum absolute atomic E-state index is 0.850. The Morgan fingerprint density at radius 2 is 1.57 bits per heavy atom. The molecule has 0 aromatic carbocycles. The summed E-state index contributed by atoms with van der Waals surface area (Å²) in [6.45, 7) is 3.68. The summed E-state index contributed by atoms with van der Waals surface area (Å²) >= 11 is 0. The number of hydrogen-bond donors (Lipinski definition) is 1. The van der Waals surface area contributed by atoms with Crippen molar-refractivity contribution in [2.45, 2.75) is 64.3 Å². The van der Waals surface area contributed by atoms with Crippen molar-refractivity contribution in [3.8, 4) is 0 Å². The molecule has 0 bridgehead atoms. The van der Waals surface area contributed by atoms with Gasteiger partial charge in [-0.05, 0) is 37.6 Å². The molecule has 82 valence electrons. The van der Waals surface area contributed by atoms with Gasteiger partial charge < -0.3 is 5.32 Å². The molecule has 1 N–H and O–H groups in total. The fourth-order valence-electron chi connectivity index (χ4n) is 2.66. The van der Waals surface area contributed by atoms with Crippen LogP contribution in [-0.2, 0) is 0 Å². The van der Waals surface area contributed by atoms with Gasteiger partial charge in [-0.25, -0.2) is 0 Å². The molecule has 14 heavy (non-hydrogen) atoms. The van der Waals surface area contributed by atoms with Gasteiger partial charge in [0, 0.05) is 6.04 Å². The first-order valence-corrected chi connectivity index (χ1v) is 6.59. The normalized spacial score (nSPS) is 34.9. The summed E-state index contributed by atoms with van der Waals surface area (Å²) in [5.41, 5.74) is 0. The summed E-state index contributed by atoms with van der Waals surface area (Å²) in [6, 6.07) is 0.850. The average Bonchev–Trinajstić information content (AvgIpc) is 2.80. The van der Waals surface area contributed by atoms with Gasteiger partial charge in [0.15, 0.2) is 0 Å². The van der Waals surface area contributed by atoms with Crippen molar-refractivity contribution >= 4 is 0 Å². The molecule has 2 rings (SSSR count). The molecule has 0 aromatic rings. The van der Waals surface area contributed by atoms with E-state index < -0.39 is 0 Å². The molecule has 0 radical (unpaired) electrons. The van der Waals surface area contributed by atoms with E-state index >= 15 is 0 Å². The lowest BCUT2D eigenvalue weighted by molar-refractivity contribution is 0.383. The Kier molecular flexibility index (Phi) is 3.86. The third kappa shape index (κ3) is 3.27. The van der Waals surface area contributed by atoms with Crippen molar-refractivity contribution in [2.24, 2.45) is 11.8 Å². The Balaban J connectivity index is 1.62. The van der Waals surface area contributed by atoms with Crippen LogP contribution in [0.2, 0.25) is 0 Å². The molecule has 0 aromatic heterocycles. The molecule has 2 atom stereocenters. The molecule has 0 aliphatic heterocycles. The van der Waals surface area contributed by atoms with E-state index in [2.05, 4.69) is 12.2 Å². The minimum atomic E-state index is 0.850. The second kappa shape index (κ2) is 5.16. The van der Waals surface area contributed by atoms with Crippen molar-refractivity contribution in [1.82, 2.24) is 5.32 Å². The third-order valence-corrected chi connectivity index (χ3v) is 4.05. The largest absolute Gasteiger partial charge is 0.314 e. The maximum atomic E-state index is 3.78. The molecule has 2 saturated carbocycles. The van der Waals surface area contributed by atoms with Crippen LogP contribution in [-0.4, -0.2) is 12.6 Å². The fourth-order valence-corrected chi connectivity index (χ4v) is 2.66. The molecule has 0 spiro atoms. The van der Waals surface area contributed by atoms with Gasteiger partial charge >= 0.3 is 0 Å². The summed E-state index contributed by atoms with van der Waals surface area (Å²) in [5.74, 6) is 2.02. The zero-order valence-electron chi connectivity index (χ0n) is 9.60. The van der Waals surface area contributed by atoms with Crippen LogP contribution < -0.4 is 5.32 Å². The van der Waals surface area contributed by atoms with E-state index in [-0.39, 0.29) is 0 Å². The van der Waals surface area contributed by atoms with E-state index in [1.54, 1.807) is 0 Å². The Morgan fingerprint density at radius 1 is 1.00 bits per heavy atom. The molecular weight excluding hydrogens is 170 g/mol. The van der Waals surface area contributed by atoms with Crippen molar-refractivity contribution in [3.63, 3.8) is 0 Å². The van der Waals surface area contributed by atoms with Crippen molar-refractivity contribution in [3.05, 3.63) is 0 Å². The topological polar surface area (TPSA) is 12.0 Å². The molecule has 2 fully saturated rings. The van der Waals surface area contributed by atoms with Crippen LogP contribution in [0.3, 0.4) is 0 Å². The quantitative estimate of drug-likeness (QED) is 0.728. The van der Waals surface area contributed by atoms with Crippen molar-refractivity contribution in [2.75, 3.05) is 6.54 Å². The second-order valence-corrected chi connectivity index (χ2v) is 5.42. The van der Waals surface area contributed by atoms with Gasteiger partial charge in [0.25, 0.3) is 0 Å². The SMILES string of the molecule is CC1CC1CNC1CCCCCCC1. The Morgan fingerprint density at radius 3 is 2.14 bits per heavy atom. The summed E-state index contributed by atoms with van der Waals surface area (Å²) in [4.78, 5) is 0. The van der Waals surface area contributed by atoms with Crippen molar-refractivity contribution < 1.29 is 0 Å². The standard InChI is InChI=1S/C13H25N/c1-11-9-12(11)10-14-13-7-5-3-2-4-6-8-13/h11-14H,2-10H2,1H3. The Hall–Kier alpha value is -0.0400. The first-order valence-electron chi connectivity index (χ1n) is 6.59. The van der Waals surface area contributed by atoms with E-state index in [9.17, 15) is 0 Å². The highest BCUT2D eigenvalue weighted by atomic mass is 14.9. The second-order valence-electron chi connectivity index (χ2n) is 5.42. The molecular formula is C13H25N. The van der Waals surface area contributed by atoms with Gasteiger partial charge in [0.05, 0.1) is 0 Å². The molecule has 2 aliphatic rings. The molecule has 2 unspecified atom stereocenters. The third-order valence-electron chi connectivity index (χ3n) is 4.05. The zero-order valence-corrected chi connectivity index (χ0v) is 9.60. The van der Waals surface area contributed by atoms with Crippen LogP contribution in [0.15, 0.2) is 0 Å². The maximum Gasteiger partial charge on any atom is 0.00671 e. The van der Waals surface area contributed by atoms with Crippen molar-refractivity contribution in [1.29, 1.82) is 0 Å². The van der Waals surface area contributed by atoms with Gasteiger partial charge in [-0.15, -0.1) is 0 Å². The summed E-state index contributed by atoms with van der Waals surface area (Å²) < 4.78 is 0. The first-order chi connectivity index (χ1) is 6.86. The summed E-state index contributed by atoms with van der Waals surface area (Å²) in [6.07, 6.45) is 11.7. The van der Waals surface area contributed by atoms with Gasteiger partial charge in [0.2, 0.25) is 0 Å². The molecule has 0 saturated heterocycles. The maximum absolute atomic E-state index is 3.78. The zero-order chi connectivity index (χ0) is 9.80. The molecule has 0 heterocycles. The molecule has 2 aliphatic carbocycles. The Labute approximate surface area is 88.7 Å². The lowest BCUT2D eigenvalue weighted by Gasteiger charge is -2.21. The van der Waals surface area contributed by atoms with E-state index in [1.807, 2.05) is 0 Å². The molecule has 0 amide bonds. The highest BCUT2D eigenvalue weighted by Crippen LogP contribution is 2.37. The highest BCUT2D eigenvalue weighted by Gasteiger charge is 2.32. The summed E-state index contributed by atoms with van der Waals surface area (Å²) in [5, 5.41) is 3.78. The van der Waals surface area contributed by atoms with Crippen LogP contribution in [0.1, 0.15) is 58.3 Å². The number of nitrogens with one attached hydrogen (secondary N) is 1. The van der Waals surface area contributed by atoms with Gasteiger partial charge in [0.1, 0.15) is 0 Å². The minimum Gasteiger partial charge on any atom is -0.314 e. The van der Waals surface area contributed by atoms with Gasteiger partial charge in [-0.2, -0.15) is 0 Å². The first kappa shape index (κ1) is 10.5. The predicted octanol–water partition coefficient (Wildman–Crippen LogP) is 3.34. The fraction of sp³-hybridized carbons (Fsp3) is 1.00. The monoisotopic (exact) mass is 195 g/mol. The number of rotatable bonds is 3. The van der Waals surface area contributed by atoms with Crippen LogP contribution in [0.25, 0.3) is 0 Å². The Bertz CT molecular complexity index is 159. The average molecular weight is 195 g/mol. The van der Waals surface area contributed by atoms with E-state index in [0.717, 1.165) is 17.9 Å². The van der Waals surface area contributed by atoms with E-state index in [4.69, 9.17) is 0 Å². The highest BCUT2D eigenvalue weighted by molar-refractivity contribution is 4.85. The summed E-state index contributed by atoms with van der Waals surface area (Å²) in [7, 11) is 0. The van der Waals surface area contributed by atoms with Crippen LogP contribution in [0, 0.1) is 11.8 Å². The van der Waals surface area contributed by atoms with Crippen LogP contribution in [0.4, 0.5) is 0 Å². The van der Waals surface area contributed by atoms with E-state index in [1.165, 1.54) is 57.9 Å². The predicted molar refractivity (Wildman–Crippen MR) is 61.4 cm³/mol. The van der Waals surface area contributed by atoms with Crippen LogP contribution in [0.5, 0.6) is 0 Å². The van der Waals surface area contributed by atoms with Gasteiger partial charge in [-0.3, -0.25) is 0 Å². The lowest BCUT2D eigenvalue weighted by Crippen LogP contribution is -2.31. The smallest absolute Gasteiger partial charge is 0.00671 e. The van der Waals surface area contributed by atoms with Gasteiger partial charge in [-0.1, -0.05) is 39.0 Å².